The zero-order chi connectivity index (χ0) is 23.6. The zero-order valence-corrected chi connectivity index (χ0v) is 21.7. The number of rotatable bonds is 4. The molecule has 0 saturated heterocycles. The molecule has 0 radical (unpaired) electrons. The molecule has 0 heterocycles. The van der Waals surface area contributed by atoms with Gasteiger partial charge in [0.05, 0.1) is 10.5 Å². The highest BCUT2D eigenvalue weighted by Gasteiger charge is 2.58. The Labute approximate surface area is 201 Å². The van der Waals surface area contributed by atoms with Crippen LogP contribution in [0.2, 0.25) is 0 Å². The van der Waals surface area contributed by atoms with Crippen LogP contribution >= 0.6 is 0 Å². The van der Waals surface area contributed by atoms with E-state index in [0.717, 1.165) is 42.9 Å². The molecule has 0 spiro atoms. The van der Waals surface area contributed by atoms with Gasteiger partial charge in [-0.1, -0.05) is 25.1 Å². The van der Waals surface area contributed by atoms with Gasteiger partial charge in [-0.25, -0.2) is 8.42 Å². The first-order valence-electron chi connectivity index (χ1n) is 13.3. The van der Waals surface area contributed by atoms with Crippen molar-refractivity contribution in [2.24, 2.45) is 40.9 Å². The van der Waals surface area contributed by atoms with E-state index in [1.54, 1.807) is 35.6 Å². The van der Waals surface area contributed by atoms with E-state index in [-0.39, 0.29) is 11.5 Å². The van der Waals surface area contributed by atoms with Crippen molar-refractivity contribution in [1.29, 1.82) is 0 Å². The summed E-state index contributed by atoms with van der Waals surface area (Å²) in [6, 6.07) is 8.90. The highest BCUT2D eigenvalue weighted by atomic mass is 32.2. The van der Waals surface area contributed by atoms with Gasteiger partial charge in [0, 0.05) is 13.1 Å². The summed E-state index contributed by atoms with van der Waals surface area (Å²) in [7, 11) is -1.69. The molecule has 4 aliphatic carbocycles. The lowest BCUT2D eigenvalue weighted by molar-refractivity contribution is -0.102. The second-order valence-electron chi connectivity index (χ2n) is 12.5. The normalized spacial score (nSPS) is 44.1. The van der Waals surface area contributed by atoms with Crippen molar-refractivity contribution in [2.75, 3.05) is 7.05 Å². The number of hydrogen-bond acceptors (Lipinski definition) is 3. The van der Waals surface area contributed by atoms with Gasteiger partial charge in [-0.3, -0.25) is 0 Å². The molecule has 1 aromatic carbocycles. The fourth-order valence-electron chi connectivity index (χ4n) is 9.15. The number of nitrogens with zero attached hydrogens (tertiary/aromatic N) is 1. The van der Waals surface area contributed by atoms with E-state index < -0.39 is 15.6 Å². The van der Waals surface area contributed by atoms with Gasteiger partial charge >= 0.3 is 0 Å². The summed E-state index contributed by atoms with van der Waals surface area (Å²) in [6.07, 6.45) is 10.6. The molecule has 184 valence electrons. The minimum Gasteiger partial charge on any atom is -0.390 e. The molecule has 0 aromatic heterocycles. The van der Waals surface area contributed by atoms with Crippen LogP contribution < -0.4 is 0 Å². The molecule has 4 nitrogen and oxygen atoms in total. The lowest BCUT2D eigenvalue weighted by atomic mass is 9.49. The minimum atomic E-state index is -3.48. The second kappa shape index (κ2) is 8.34. The fraction of sp³-hybridized carbons (Fsp3) is 0.786. The number of fused-ring (bicyclic) bond motifs is 5. The number of benzene rings is 1. The molecule has 1 N–H and O–H groups in total. The predicted molar refractivity (Wildman–Crippen MR) is 132 cm³/mol. The number of aliphatic hydroxyl groups is 1. The lowest BCUT2D eigenvalue weighted by Crippen LogP contribution is -2.52. The Morgan fingerprint density at radius 1 is 0.939 bits per heavy atom. The Morgan fingerprint density at radius 2 is 1.64 bits per heavy atom. The van der Waals surface area contributed by atoms with E-state index in [9.17, 15) is 13.5 Å². The highest BCUT2D eigenvalue weighted by molar-refractivity contribution is 7.89. The summed E-state index contributed by atoms with van der Waals surface area (Å²) < 4.78 is 28.3. The van der Waals surface area contributed by atoms with E-state index in [4.69, 9.17) is 0 Å². The predicted octanol–water partition coefficient (Wildman–Crippen LogP) is 5.72. The van der Waals surface area contributed by atoms with Crippen molar-refractivity contribution >= 4 is 10.0 Å². The van der Waals surface area contributed by atoms with Crippen LogP contribution in [0.1, 0.15) is 78.6 Å². The summed E-state index contributed by atoms with van der Waals surface area (Å²) >= 11 is 0. The largest absolute Gasteiger partial charge is 0.390 e. The van der Waals surface area contributed by atoms with Crippen LogP contribution in [-0.2, 0) is 10.0 Å². The molecule has 33 heavy (non-hydrogen) atoms. The number of sulfonamides is 1. The van der Waals surface area contributed by atoms with Crippen LogP contribution in [0, 0.1) is 40.9 Å². The van der Waals surface area contributed by atoms with Crippen molar-refractivity contribution in [3.8, 4) is 0 Å². The smallest absolute Gasteiger partial charge is 0.243 e. The third kappa shape index (κ3) is 3.90. The van der Waals surface area contributed by atoms with Gasteiger partial charge in [0.15, 0.2) is 0 Å². The van der Waals surface area contributed by atoms with E-state index in [0.29, 0.717) is 16.7 Å². The van der Waals surface area contributed by atoms with Gasteiger partial charge in [0.1, 0.15) is 0 Å². The third-order valence-electron chi connectivity index (χ3n) is 10.9. The van der Waals surface area contributed by atoms with Gasteiger partial charge in [-0.05, 0) is 125 Å². The molecule has 0 amide bonds. The Bertz CT molecular complexity index is 961. The highest BCUT2D eigenvalue weighted by Crippen LogP contribution is 2.65. The van der Waals surface area contributed by atoms with E-state index in [2.05, 4.69) is 13.8 Å². The van der Waals surface area contributed by atoms with E-state index >= 15 is 0 Å². The second-order valence-corrected chi connectivity index (χ2v) is 14.5. The SMILES string of the molecule is C[C@H](C1CC[C@H]2[C@@H]3CC[C@@H]4C[C@](C)(O)CC[C@@H]4[C@H]3CC[C@]12C)N(C)S(=O)(=O)c1ccccc1. The van der Waals surface area contributed by atoms with Gasteiger partial charge in [0.25, 0.3) is 0 Å². The molecule has 1 unspecified atom stereocenters. The van der Waals surface area contributed by atoms with Crippen LogP contribution in [-0.4, -0.2) is 36.5 Å². The average molecular weight is 474 g/mol. The third-order valence-corrected chi connectivity index (χ3v) is 12.8. The molecular weight excluding hydrogens is 430 g/mol. The Morgan fingerprint density at radius 3 is 2.36 bits per heavy atom. The number of hydrogen-bond donors (Lipinski definition) is 1. The Kier molecular flexibility index (Phi) is 6.02. The summed E-state index contributed by atoms with van der Waals surface area (Å²) in [6.45, 7) is 6.67. The summed E-state index contributed by atoms with van der Waals surface area (Å²) in [5.41, 5.74) is -0.228. The molecule has 4 aliphatic rings. The first-order chi connectivity index (χ1) is 15.5. The van der Waals surface area contributed by atoms with Crippen molar-refractivity contribution in [3.05, 3.63) is 30.3 Å². The molecule has 1 aromatic rings. The minimum absolute atomic E-state index is 0.00266. The zero-order valence-electron chi connectivity index (χ0n) is 20.9. The van der Waals surface area contributed by atoms with Crippen LogP contribution in [0.3, 0.4) is 0 Å². The van der Waals surface area contributed by atoms with Crippen LogP contribution in [0.4, 0.5) is 0 Å². The maximum atomic E-state index is 13.3. The Hall–Kier alpha value is -0.910. The van der Waals surface area contributed by atoms with Crippen LogP contribution in [0.15, 0.2) is 35.2 Å². The molecule has 5 rings (SSSR count). The fourth-order valence-corrected chi connectivity index (χ4v) is 10.6. The Balaban J connectivity index is 1.34. The monoisotopic (exact) mass is 473 g/mol. The molecule has 9 atom stereocenters. The molecule has 4 fully saturated rings. The first-order valence-corrected chi connectivity index (χ1v) is 14.7. The van der Waals surface area contributed by atoms with Crippen molar-refractivity contribution in [2.45, 2.75) is 95.1 Å². The summed E-state index contributed by atoms with van der Waals surface area (Å²) in [5, 5.41) is 10.6. The van der Waals surface area contributed by atoms with E-state index in [1.165, 1.54) is 38.5 Å². The van der Waals surface area contributed by atoms with E-state index in [1.807, 2.05) is 13.0 Å². The van der Waals surface area contributed by atoms with Crippen LogP contribution in [0.25, 0.3) is 0 Å². The van der Waals surface area contributed by atoms with Crippen molar-refractivity contribution < 1.29 is 13.5 Å². The topological polar surface area (TPSA) is 57.6 Å². The average Bonchev–Trinajstić information content (AvgIpc) is 3.15. The molecule has 4 saturated carbocycles. The van der Waals surface area contributed by atoms with Gasteiger partial charge < -0.3 is 5.11 Å². The van der Waals surface area contributed by atoms with Crippen molar-refractivity contribution in [3.63, 3.8) is 0 Å². The van der Waals surface area contributed by atoms with Gasteiger partial charge in [-0.2, -0.15) is 4.31 Å². The summed E-state index contributed by atoms with van der Waals surface area (Å²) in [5.74, 6) is 4.25. The lowest BCUT2D eigenvalue weighted by Gasteiger charge is -2.57. The first kappa shape index (κ1) is 23.8. The van der Waals surface area contributed by atoms with Gasteiger partial charge in [-0.15, -0.1) is 0 Å². The molecule has 0 bridgehead atoms. The summed E-state index contributed by atoms with van der Waals surface area (Å²) in [4.78, 5) is 0.397. The van der Waals surface area contributed by atoms with Crippen molar-refractivity contribution in [1.82, 2.24) is 4.31 Å². The van der Waals surface area contributed by atoms with Gasteiger partial charge in [0.2, 0.25) is 10.0 Å². The maximum absolute atomic E-state index is 13.3. The van der Waals surface area contributed by atoms with Crippen LogP contribution in [0.5, 0.6) is 0 Å². The molecule has 0 aliphatic heterocycles. The molecule has 5 heteroatoms. The molecular formula is C28H43NO3S. The quantitative estimate of drug-likeness (QED) is 0.609. The maximum Gasteiger partial charge on any atom is 0.243 e. The standard InChI is InChI=1S/C28H43NO3S/c1-19(29(4)33(31,32)21-8-6-5-7-9-21)25-12-13-26-24-11-10-20-18-27(2,30)16-14-22(20)23(24)15-17-28(25,26)3/h5-9,19-20,22-26,30H,10-18H2,1-4H3/t19-,20-,22+,23-,24-,25?,26+,27-,28-/m1/s1.